The van der Waals surface area contributed by atoms with Crippen molar-refractivity contribution in [3.05, 3.63) is 63.6 Å². The van der Waals surface area contributed by atoms with E-state index in [0.717, 1.165) is 30.0 Å². The number of nitrogens with one attached hydrogen (secondary N) is 1. The lowest BCUT2D eigenvalue weighted by Gasteiger charge is -2.30. The van der Waals surface area contributed by atoms with Gasteiger partial charge in [0.2, 0.25) is 11.8 Å². The normalized spacial score (nSPS) is 17.6. The number of amides is 3. The van der Waals surface area contributed by atoms with E-state index >= 15 is 0 Å². The number of halogens is 2. The molecule has 2 aromatic carbocycles. The Balaban J connectivity index is 1.52. The van der Waals surface area contributed by atoms with Crippen LogP contribution in [0.4, 0.5) is 0 Å². The smallest absolute Gasteiger partial charge is 0.269 e. The standard InChI is InChI=1S/C25H27Cl2N3O5S/c1-16(24(32)28-18-6-2-3-7-18)29(15-17-10-11-20(26)21(27)14-17)23(31)12-13-30-25(33)19-8-4-5-9-22(19)36(30,34)35/h4-5,8-11,14,16,18H,2-3,6-7,12-13,15H2,1H3,(H,28,32)/t16-/m1/s1. The highest BCUT2D eigenvalue weighted by Crippen LogP contribution is 2.30. The van der Waals surface area contributed by atoms with Gasteiger partial charge >= 0.3 is 0 Å². The predicted octanol–water partition coefficient (Wildman–Crippen LogP) is 4.00. The van der Waals surface area contributed by atoms with Gasteiger partial charge in [-0.2, -0.15) is 0 Å². The molecule has 192 valence electrons. The molecular formula is C25H27Cl2N3O5S. The van der Waals surface area contributed by atoms with Crippen molar-refractivity contribution >= 4 is 50.9 Å². The summed E-state index contributed by atoms with van der Waals surface area (Å²) in [6.45, 7) is 1.37. The molecule has 0 spiro atoms. The van der Waals surface area contributed by atoms with Crippen molar-refractivity contribution in [2.24, 2.45) is 0 Å². The molecule has 4 rings (SSSR count). The van der Waals surface area contributed by atoms with Crippen LogP contribution in [0, 0.1) is 0 Å². The number of benzene rings is 2. The molecule has 1 fully saturated rings. The third kappa shape index (κ3) is 5.38. The lowest BCUT2D eigenvalue weighted by molar-refractivity contribution is -0.140. The fourth-order valence-corrected chi connectivity index (χ4v) is 6.49. The van der Waals surface area contributed by atoms with Crippen LogP contribution in [-0.4, -0.2) is 54.0 Å². The van der Waals surface area contributed by atoms with Crippen molar-refractivity contribution in [1.82, 2.24) is 14.5 Å². The van der Waals surface area contributed by atoms with Gasteiger partial charge in [0.25, 0.3) is 15.9 Å². The second-order valence-electron chi connectivity index (χ2n) is 9.06. The molecule has 1 saturated carbocycles. The summed E-state index contributed by atoms with van der Waals surface area (Å²) in [6, 6.07) is 10.1. The molecule has 2 aliphatic rings. The van der Waals surface area contributed by atoms with Gasteiger partial charge in [0, 0.05) is 25.6 Å². The Morgan fingerprint density at radius 1 is 1.11 bits per heavy atom. The first-order valence-corrected chi connectivity index (χ1v) is 14.0. The molecule has 1 aliphatic heterocycles. The molecule has 2 aromatic rings. The van der Waals surface area contributed by atoms with Gasteiger partial charge in [0.15, 0.2) is 0 Å². The maximum absolute atomic E-state index is 13.4. The highest BCUT2D eigenvalue weighted by molar-refractivity contribution is 7.90. The van der Waals surface area contributed by atoms with Crippen LogP contribution in [0.2, 0.25) is 10.0 Å². The van der Waals surface area contributed by atoms with Crippen molar-refractivity contribution in [2.75, 3.05) is 6.54 Å². The maximum atomic E-state index is 13.4. The van der Waals surface area contributed by atoms with Gasteiger partial charge < -0.3 is 10.2 Å². The van der Waals surface area contributed by atoms with Crippen molar-refractivity contribution in [2.45, 2.75) is 62.6 Å². The summed E-state index contributed by atoms with van der Waals surface area (Å²) in [7, 11) is -4.04. The summed E-state index contributed by atoms with van der Waals surface area (Å²) in [6.07, 6.45) is 3.61. The van der Waals surface area contributed by atoms with Crippen LogP contribution in [-0.2, 0) is 26.2 Å². The first-order valence-electron chi connectivity index (χ1n) is 11.8. The highest BCUT2D eigenvalue weighted by atomic mass is 35.5. The van der Waals surface area contributed by atoms with E-state index in [1.54, 1.807) is 37.3 Å². The average molecular weight is 552 g/mol. The third-order valence-corrected chi connectivity index (χ3v) is 9.23. The lowest BCUT2D eigenvalue weighted by atomic mass is 10.1. The number of nitrogens with zero attached hydrogens (tertiary/aromatic N) is 2. The minimum atomic E-state index is -4.04. The number of sulfonamides is 1. The predicted molar refractivity (Wildman–Crippen MR) is 136 cm³/mol. The van der Waals surface area contributed by atoms with Gasteiger partial charge in [-0.1, -0.05) is 54.2 Å². The SMILES string of the molecule is C[C@H](C(=O)NC1CCCC1)N(Cc1ccc(Cl)c(Cl)c1)C(=O)CCN1C(=O)c2ccccc2S1(=O)=O. The summed E-state index contributed by atoms with van der Waals surface area (Å²) in [5.41, 5.74) is 0.748. The summed E-state index contributed by atoms with van der Waals surface area (Å²) in [4.78, 5) is 40.4. The first-order chi connectivity index (χ1) is 17.1. The Morgan fingerprint density at radius 3 is 2.47 bits per heavy atom. The lowest BCUT2D eigenvalue weighted by Crippen LogP contribution is -2.50. The van der Waals surface area contributed by atoms with E-state index in [9.17, 15) is 22.8 Å². The van der Waals surface area contributed by atoms with E-state index in [4.69, 9.17) is 23.2 Å². The van der Waals surface area contributed by atoms with Gasteiger partial charge in [-0.3, -0.25) is 14.4 Å². The Bertz CT molecular complexity index is 1290. The van der Waals surface area contributed by atoms with E-state index < -0.39 is 27.9 Å². The Hall–Kier alpha value is -2.62. The molecule has 1 heterocycles. The molecule has 0 aromatic heterocycles. The summed E-state index contributed by atoms with van der Waals surface area (Å²) in [5, 5.41) is 3.69. The molecule has 3 amide bonds. The molecule has 0 unspecified atom stereocenters. The summed E-state index contributed by atoms with van der Waals surface area (Å²) < 4.78 is 26.4. The fourth-order valence-electron chi connectivity index (χ4n) is 4.60. The van der Waals surface area contributed by atoms with E-state index in [0.29, 0.717) is 15.6 Å². The quantitative estimate of drug-likeness (QED) is 0.533. The molecule has 1 N–H and O–H groups in total. The summed E-state index contributed by atoms with van der Waals surface area (Å²) in [5.74, 6) is -1.41. The van der Waals surface area contributed by atoms with Crippen molar-refractivity contribution in [3.8, 4) is 0 Å². The Kier molecular flexibility index (Phi) is 7.92. The molecule has 0 bridgehead atoms. The van der Waals surface area contributed by atoms with E-state index in [2.05, 4.69) is 5.32 Å². The minimum absolute atomic E-state index is 0.0654. The van der Waals surface area contributed by atoms with Crippen molar-refractivity contribution < 1.29 is 22.8 Å². The molecule has 1 atom stereocenters. The van der Waals surface area contributed by atoms with Gasteiger partial charge in [0.05, 0.1) is 15.6 Å². The van der Waals surface area contributed by atoms with Crippen LogP contribution in [0.25, 0.3) is 0 Å². The van der Waals surface area contributed by atoms with Crippen LogP contribution in [0.15, 0.2) is 47.4 Å². The molecular weight excluding hydrogens is 525 g/mol. The van der Waals surface area contributed by atoms with Crippen LogP contribution < -0.4 is 5.32 Å². The molecule has 11 heteroatoms. The third-order valence-electron chi connectivity index (χ3n) is 6.65. The van der Waals surface area contributed by atoms with Gasteiger partial charge in [-0.15, -0.1) is 0 Å². The maximum Gasteiger partial charge on any atom is 0.269 e. The second kappa shape index (κ2) is 10.8. The Morgan fingerprint density at radius 2 is 1.81 bits per heavy atom. The van der Waals surface area contributed by atoms with Crippen LogP contribution >= 0.6 is 23.2 Å². The molecule has 0 radical (unpaired) electrons. The van der Waals surface area contributed by atoms with Gasteiger partial charge in [-0.25, -0.2) is 12.7 Å². The monoisotopic (exact) mass is 551 g/mol. The first kappa shape index (κ1) is 26.4. The van der Waals surface area contributed by atoms with E-state index in [1.807, 2.05) is 0 Å². The molecule has 36 heavy (non-hydrogen) atoms. The van der Waals surface area contributed by atoms with Crippen molar-refractivity contribution in [3.63, 3.8) is 0 Å². The largest absolute Gasteiger partial charge is 0.352 e. The number of rotatable bonds is 8. The highest BCUT2D eigenvalue weighted by Gasteiger charge is 2.41. The van der Waals surface area contributed by atoms with Crippen LogP contribution in [0.3, 0.4) is 0 Å². The number of fused-ring (bicyclic) bond motifs is 1. The van der Waals surface area contributed by atoms with Crippen LogP contribution in [0.1, 0.15) is 54.9 Å². The number of carbonyl (C=O) groups is 3. The second-order valence-corrected chi connectivity index (χ2v) is 11.7. The molecule has 0 saturated heterocycles. The van der Waals surface area contributed by atoms with E-state index in [-0.39, 0.29) is 41.9 Å². The molecule has 1 aliphatic carbocycles. The average Bonchev–Trinajstić information content (AvgIpc) is 3.42. The van der Waals surface area contributed by atoms with Gasteiger partial charge in [-0.05, 0) is 49.6 Å². The molecule has 8 nitrogen and oxygen atoms in total. The zero-order valence-corrected chi connectivity index (χ0v) is 22.1. The number of carbonyl (C=O) groups excluding carboxylic acids is 3. The van der Waals surface area contributed by atoms with Gasteiger partial charge in [0.1, 0.15) is 10.9 Å². The zero-order chi connectivity index (χ0) is 26.0. The Labute approximate surface area is 220 Å². The zero-order valence-electron chi connectivity index (χ0n) is 19.7. The minimum Gasteiger partial charge on any atom is -0.352 e. The number of hydrogen-bond donors (Lipinski definition) is 1. The number of hydrogen-bond acceptors (Lipinski definition) is 5. The van der Waals surface area contributed by atoms with Crippen molar-refractivity contribution in [1.29, 1.82) is 0 Å². The van der Waals surface area contributed by atoms with Crippen LogP contribution in [0.5, 0.6) is 0 Å². The topological polar surface area (TPSA) is 104 Å². The summed E-state index contributed by atoms with van der Waals surface area (Å²) >= 11 is 12.2. The van der Waals surface area contributed by atoms with E-state index in [1.165, 1.54) is 17.0 Å². The fraction of sp³-hybridized carbons (Fsp3) is 0.400.